The summed E-state index contributed by atoms with van der Waals surface area (Å²) in [5.41, 5.74) is 9.53. The van der Waals surface area contributed by atoms with E-state index in [4.69, 9.17) is 10.7 Å². The van der Waals surface area contributed by atoms with E-state index in [2.05, 4.69) is 22.9 Å². The highest BCUT2D eigenvalue weighted by Crippen LogP contribution is 2.33. The zero-order chi connectivity index (χ0) is 17.9. The summed E-state index contributed by atoms with van der Waals surface area (Å²) in [7, 11) is 0. The van der Waals surface area contributed by atoms with Crippen LogP contribution < -0.4 is 5.73 Å². The van der Waals surface area contributed by atoms with Crippen LogP contribution in [-0.2, 0) is 0 Å². The molecular formula is C20H18BN5. The van der Waals surface area contributed by atoms with Crippen LogP contribution in [0.5, 0.6) is 0 Å². The second-order valence-electron chi connectivity index (χ2n) is 6.71. The van der Waals surface area contributed by atoms with Crippen molar-refractivity contribution >= 4 is 18.2 Å². The molecule has 1 aliphatic rings. The molecule has 1 unspecified atom stereocenters. The smallest absolute Gasteiger partial charge is 0.268 e. The lowest BCUT2D eigenvalue weighted by Crippen LogP contribution is -2.21. The van der Waals surface area contributed by atoms with Crippen molar-refractivity contribution in [2.24, 2.45) is 0 Å². The minimum absolute atomic E-state index is 0.107. The second kappa shape index (κ2) is 6.94. The Morgan fingerprint density at radius 2 is 2.08 bits per heavy atom. The molecule has 1 aliphatic heterocycles. The van der Waals surface area contributed by atoms with Gasteiger partial charge in [0.15, 0.2) is 5.65 Å². The van der Waals surface area contributed by atoms with Crippen molar-refractivity contribution in [3.8, 4) is 17.8 Å². The molecule has 0 amide bonds. The first-order valence-electron chi connectivity index (χ1n) is 8.85. The molecule has 2 aromatic heterocycles. The maximum absolute atomic E-state index is 9.24. The summed E-state index contributed by atoms with van der Waals surface area (Å²) in [6.07, 6.45) is 5.62. The number of hydrogen-bond donors (Lipinski definition) is 1. The lowest BCUT2D eigenvalue weighted by atomic mass is 9.41. The van der Waals surface area contributed by atoms with Crippen LogP contribution in [-0.4, -0.2) is 21.3 Å². The SMILES string of the molecule is N#CB1CCCC(c2cc(N)n3ncc(C#Cc4ccccc4)c3n2)C1. The van der Waals surface area contributed by atoms with Gasteiger partial charge in [0.1, 0.15) is 5.82 Å². The van der Waals surface area contributed by atoms with Crippen LogP contribution in [0.3, 0.4) is 0 Å². The van der Waals surface area contributed by atoms with Gasteiger partial charge in [-0.1, -0.05) is 49.1 Å². The van der Waals surface area contributed by atoms with Gasteiger partial charge in [0, 0.05) is 23.3 Å². The van der Waals surface area contributed by atoms with E-state index in [9.17, 15) is 5.26 Å². The van der Waals surface area contributed by atoms with Crippen molar-refractivity contribution in [3.63, 3.8) is 0 Å². The van der Waals surface area contributed by atoms with Gasteiger partial charge in [0.2, 0.25) is 0 Å². The first-order valence-corrected chi connectivity index (χ1v) is 8.85. The van der Waals surface area contributed by atoms with E-state index >= 15 is 0 Å². The summed E-state index contributed by atoms with van der Waals surface area (Å²) >= 11 is 0. The number of rotatable bonds is 1. The summed E-state index contributed by atoms with van der Waals surface area (Å²) in [6.45, 7) is 0.107. The highest BCUT2D eigenvalue weighted by molar-refractivity contribution is 6.67. The predicted octanol–water partition coefficient (Wildman–Crippen LogP) is 3.15. The number of aromatic nitrogens is 3. The Labute approximate surface area is 152 Å². The summed E-state index contributed by atoms with van der Waals surface area (Å²) in [4.78, 5) is 4.81. The Morgan fingerprint density at radius 3 is 2.88 bits per heavy atom. The highest BCUT2D eigenvalue weighted by atomic mass is 15.3. The van der Waals surface area contributed by atoms with Crippen molar-refractivity contribution < 1.29 is 0 Å². The molecule has 1 fully saturated rings. The van der Waals surface area contributed by atoms with Gasteiger partial charge in [-0.3, -0.25) is 0 Å². The van der Waals surface area contributed by atoms with E-state index in [-0.39, 0.29) is 12.6 Å². The lowest BCUT2D eigenvalue weighted by Gasteiger charge is -2.23. The zero-order valence-electron chi connectivity index (χ0n) is 14.4. The van der Waals surface area contributed by atoms with E-state index < -0.39 is 0 Å². The largest absolute Gasteiger partial charge is 0.384 e. The first kappa shape index (κ1) is 16.2. The lowest BCUT2D eigenvalue weighted by molar-refractivity contribution is 0.614. The number of nitrogens with two attached hydrogens (primary N) is 1. The minimum atomic E-state index is 0.107. The maximum Gasteiger partial charge on any atom is 0.268 e. The summed E-state index contributed by atoms with van der Waals surface area (Å²) in [6, 6.07) is 11.7. The molecule has 4 rings (SSSR count). The molecule has 0 saturated carbocycles. The summed E-state index contributed by atoms with van der Waals surface area (Å²) < 4.78 is 1.63. The van der Waals surface area contributed by atoms with Gasteiger partial charge < -0.3 is 5.73 Å². The van der Waals surface area contributed by atoms with E-state index in [1.165, 1.54) is 0 Å². The predicted molar refractivity (Wildman–Crippen MR) is 103 cm³/mol. The molecule has 3 heterocycles. The molecule has 0 aliphatic carbocycles. The first-order chi connectivity index (χ1) is 12.7. The van der Waals surface area contributed by atoms with Crippen LogP contribution in [0.4, 0.5) is 5.82 Å². The van der Waals surface area contributed by atoms with E-state index in [1.807, 2.05) is 36.4 Å². The Morgan fingerprint density at radius 1 is 1.23 bits per heavy atom. The number of nitriles is 1. The van der Waals surface area contributed by atoms with Gasteiger partial charge in [-0.15, -0.1) is 0 Å². The fourth-order valence-electron chi connectivity index (χ4n) is 3.54. The third-order valence-corrected chi connectivity index (χ3v) is 4.91. The molecule has 126 valence electrons. The van der Waals surface area contributed by atoms with Crippen molar-refractivity contribution in [2.75, 3.05) is 5.73 Å². The van der Waals surface area contributed by atoms with Crippen LogP contribution in [0, 0.1) is 23.1 Å². The monoisotopic (exact) mass is 339 g/mol. The Kier molecular flexibility index (Phi) is 4.33. The number of fused-ring (bicyclic) bond motifs is 1. The molecule has 26 heavy (non-hydrogen) atoms. The maximum atomic E-state index is 9.24. The van der Waals surface area contributed by atoms with Gasteiger partial charge in [-0.2, -0.15) is 9.61 Å². The second-order valence-corrected chi connectivity index (χ2v) is 6.71. The van der Waals surface area contributed by atoms with E-state index in [0.717, 1.165) is 42.3 Å². The van der Waals surface area contributed by atoms with Gasteiger partial charge in [0.05, 0.1) is 11.8 Å². The van der Waals surface area contributed by atoms with Crippen LogP contribution in [0.2, 0.25) is 12.6 Å². The third kappa shape index (κ3) is 3.14. The number of benzene rings is 1. The minimum Gasteiger partial charge on any atom is -0.384 e. The summed E-state index contributed by atoms with van der Waals surface area (Å²) in [5.74, 6) is 9.53. The molecule has 2 N–H and O–H groups in total. The normalized spacial score (nSPS) is 16.7. The quantitative estimate of drug-likeness (QED) is 0.546. The van der Waals surface area contributed by atoms with Gasteiger partial charge in [-0.25, -0.2) is 10.2 Å². The molecule has 0 spiro atoms. The highest BCUT2D eigenvalue weighted by Gasteiger charge is 2.28. The third-order valence-electron chi connectivity index (χ3n) is 4.91. The van der Waals surface area contributed by atoms with Crippen molar-refractivity contribution in [3.05, 3.63) is 59.4 Å². The van der Waals surface area contributed by atoms with Crippen LogP contribution in [0.25, 0.3) is 5.65 Å². The Balaban J connectivity index is 1.72. The molecule has 3 aromatic rings. The van der Waals surface area contributed by atoms with Crippen LogP contribution in [0.1, 0.15) is 35.6 Å². The molecule has 1 aromatic carbocycles. The van der Waals surface area contributed by atoms with Crippen molar-refractivity contribution in [2.45, 2.75) is 31.4 Å². The Bertz CT molecular complexity index is 1040. The molecule has 0 radical (unpaired) electrons. The number of nitrogens with zero attached hydrogens (tertiary/aromatic N) is 4. The number of anilines is 1. The Hall–Kier alpha value is -3.25. The standard InChI is InChI=1S/C20H18BN5/c22-14-21-10-4-7-16(12-21)18-11-19(23)26-20(25-18)17(13-24-26)9-8-15-5-2-1-3-6-15/h1-3,5-6,11,13,16H,4,7,10,12,23H2. The van der Waals surface area contributed by atoms with Crippen LogP contribution >= 0.6 is 0 Å². The molecule has 0 bridgehead atoms. The van der Waals surface area contributed by atoms with Crippen molar-refractivity contribution in [1.29, 1.82) is 5.26 Å². The molecule has 6 heteroatoms. The van der Waals surface area contributed by atoms with Gasteiger partial charge >= 0.3 is 0 Å². The molecule has 1 atom stereocenters. The molecule has 5 nitrogen and oxygen atoms in total. The van der Waals surface area contributed by atoms with E-state index in [1.54, 1.807) is 10.7 Å². The average molecular weight is 339 g/mol. The topological polar surface area (TPSA) is 80.0 Å². The number of hydrogen-bond acceptors (Lipinski definition) is 4. The molecule has 1 saturated heterocycles. The van der Waals surface area contributed by atoms with Gasteiger partial charge in [0.25, 0.3) is 6.71 Å². The summed E-state index contributed by atoms with van der Waals surface area (Å²) in [5, 5.41) is 13.6. The van der Waals surface area contributed by atoms with Gasteiger partial charge in [-0.05, 0) is 24.5 Å². The van der Waals surface area contributed by atoms with E-state index in [0.29, 0.717) is 11.5 Å². The average Bonchev–Trinajstić information content (AvgIpc) is 3.11. The number of nitrogen functional groups attached to an aromatic ring is 1. The van der Waals surface area contributed by atoms with Crippen molar-refractivity contribution in [1.82, 2.24) is 14.6 Å². The zero-order valence-corrected chi connectivity index (χ0v) is 14.4. The molecular weight excluding hydrogens is 321 g/mol. The van der Waals surface area contributed by atoms with Crippen LogP contribution in [0.15, 0.2) is 42.6 Å². The fourth-order valence-corrected chi connectivity index (χ4v) is 3.54. The fraction of sp³-hybridized carbons (Fsp3) is 0.250.